The zero-order chi connectivity index (χ0) is 16.1. The minimum absolute atomic E-state index is 0.281. The van der Waals surface area contributed by atoms with Gasteiger partial charge in [0.1, 0.15) is 0 Å². The molecule has 23 heavy (non-hydrogen) atoms. The van der Waals surface area contributed by atoms with E-state index in [0.717, 1.165) is 22.7 Å². The summed E-state index contributed by atoms with van der Waals surface area (Å²) in [6.45, 7) is 0.281. The molecule has 0 spiro atoms. The number of ether oxygens (including phenoxy) is 4. The molecule has 0 bridgehead atoms. The molecule has 0 amide bonds. The Balaban J connectivity index is 1.69. The molecule has 0 aromatic heterocycles. The average Bonchev–Trinajstić information content (AvgIpc) is 3.06. The lowest BCUT2D eigenvalue weighted by Gasteiger charge is -2.06. The molecule has 1 aliphatic heterocycles. The minimum atomic E-state index is 0.281. The first-order valence-electron chi connectivity index (χ1n) is 7.12. The number of methoxy groups -OCH3 is 2. The third-order valence-electron chi connectivity index (χ3n) is 3.36. The highest BCUT2D eigenvalue weighted by atomic mass is 16.7. The van der Waals surface area contributed by atoms with Crippen LogP contribution in [0.3, 0.4) is 0 Å². The van der Waals surface area contributed by atoms with Gasteiger partial charge in [-0.1, -0.05) is 12.1 Å². The fraction of sp³-hybridized carbons (Fsp3) is 0.167. The van der Waals surface area contributed by atoms with Crippen molar-refractivity contribution in [2.45, 2.75) is 0 Å². The van der Waals surface area contributed by atoms with E-state index in [1.807, 2.05) is 48.6 Å². The molecule has 0 fully saturated rings. The molecule has 0 saturated carbocycles. The molecule has 2 aromatic rings. The van der Waals surface area contributed by atoms with Gasteiger partial charge in [0.25, 0.3) is 0 Å². The Bertz CT molecular complexity index is 753. The van der Waals surface area contributed by atoms with Gasteiger partial charge >= 0.3 is 0 Å². The summed E-state index contributed by atoms with van der Waals surface area (Å²) in [5.41, 5.74) is 1.81. The van der Waals surface area contributed by atoms with Crippen LogP contribution in [0.2, 0.25) is 0 Å². The van der Waals surface area contributed by atoms with Crippen LogP contribution in [-0.2, 0) is 0 Å². The first kappa shape index (κ1) is 15.0. The van der Waals surface area contributed by atoms with Crippen molar-refractivity contribution < 1.29 is 18.9 Å². The van der Waals surface area contributed by atoms with Gasteiger partial charge in [-0.15, -0.1) is 0 Å². The first-order chi connectivity index (χ1) is 11.3. The Labute approximate surface area is 134 Å². The quantitative estimate of drug-likeness (QED) is 0.787. The number of hydrogen-bond acceptors (Lipinski definition) is 5. The van der Waals surface area contributed by atoms with E-state index >= 15 is 0 Å². The van der Waals surface area contributed by atoms with Crippen LogP contribution < -0.4 is 18.9 Å². The highest BCUT2D eigenvalue weighted by molar-refractivity contribution is 5.81. The van der Waals surface area contributed by atoms with Crippen molar-refractivity contribution in [3.63, 3.8) is 0 Å². The second-order valence-electron chi connectivity index (χ2n) is 4.79. The summed E-state index contributed by atoms with van der Waals surface area (Å²) in [5.74, 6) is 2.88. The van der Waals surface area contributed by atoms with Gasteiger partial charge in [-0.2, -0.15) is 0 Å². The molecular weight excluding hydrogens is 294 g/mol. The highest BCUT2D eigenvalue weighted by Gasteiger charge is 2.11. The van der Waals surface area contributed by atoms with Crippen LogP contribution in [0.25, 0.3) is 6.08 Å². The summed E-state index contributed by atoms with van der Waals surface area (Å²) in [6, 6.07) is 11.3. The molecule has 5 nitrogen and oxygen atoms in total. The van der Waals surface area contributed by atoms with E-state index in [1.165, 1.54) is 0 Å². The largest absolute Gasteiger partial charge is 0.493 e. The monoisotopic (exact) mass is 311 g/mol. The molecule has 1 heterocycles. The van der Waals surface area contributed by atoms with E-state index in [1.54, 1.807) is 20.4 Å². The average molecular weight is 311 g/mol. The third kappa shape index (κ3) is 3.45. The van der Waals surface area contributed by atoms with E-state index < -0.39 is 0 Å². The highest BCUT2D eigenvalue weighted by Crippen LogP contribution is 2.33. The molecule has 0 radical (unpaired) electrons. The van der Waals surface area contributed by atoms with E-state index in [0.29, 0.717) is 11.5 Å². The van der Waals surface area contributed by atoms with Gasteiger partial charge in [-0.05, 0) is 35.9 Å². The Morgan fingerprint density at radius 3 is 2.61 bits per heavy atom. The van der Waals surface area contributed by atoms with Crippen LogP contribution in [0.5, 0.6) is 23.0 Å². The standard InChI is InChI=1S/C18H17NO4/c1-20-15-8-6-14(11-17(15)21-2)19-9-3-4-13-5-7-16-18(10-13)23-12-22-16/h3-11H,12H2,1-2H3/b4-3+,19-9?. The zero-order valence-electron chi connectivity index (χ0n) is 13.0. The van der Waals surface area contributed by atoms with Crippen LogP contribution in [0.15, 0.2) is 47.5 Å². The maximum atomic E-state index is 5.35. The summed E-state index contributed by atoms with van der Waals surface area (Å²) in [6.07, 6.45) is 5.55. The number of nitrogens with zero attached hydrogens (tertiary/aromatic N) is 1. The molecule has 0 saturated heterocycles. The van der Waals surface area contributed by atoms with Gasteiger partial charge in [0, 0.05) is 12.3 Å². The number of fused-ring (bicyclic) bond motifs is 1. The summed E-state index contributed by atoms with van der Waals surface area (Å²) in [7, 11) is 3.21. The van der Waals surface area contributed by atoms with Crippen LogP contribution >= 0.6 is 0 Å². The number of rotatable bonds is 5. The fourth-order valence-electron chi connectivity index (χ4n) is 2.21. The summed E-state index contributed by atoms with van der Waals surface area (Å²) in [4.78, 5) is 4.37. The summed E-state index contributed by atoms with van der Waals surface area (Å²) < 4.78 is 21.1. The van der Waals surface area contributed by atoms with E-state index in [-0.39, 0.29) is 6.79 Å². The molecule has 0 aliphatic carbocycles. The predicted octanol–water partition coefficient (Wildman–Crippen LogP) is 3.85. The molecule has 118 valence electrons. The number of allylic oxidation sites excluding steroid dienone is 1. The van der Waals surface area contributed by atoms with Crippen LogP contribution in [0.4, 0.5) is 5.69 Å². The number of aliphatic imine (C=N–C) groups is 1. The maximum absolute atomic E-state index is 5.35. The molecule has 0 N–H and O–H groups in total. The maximum Gasteiger partial charge on any atom is 0.231 e. The van der Waals surface area contributed by atoms with Crippen LogP contribution in [0.1, 0.15) is 5.56 Å². The lowest BCUT2D eigenvalue weighted by molar-refractivity contribution is 0.174. The van der Waals surface area contributed by atoms with Crippen molar-refractivity contribution in [2.75, 3.05) is 21.0 Å². The van der Waals surface area contributed by atoms with Crippen molar-refractivity contribution in [1.82, 2.24) is 0 Å². The van der Waals surface area contributed by atoms with Gasteiger partial charge in [0.2, 0.25) is 6.79 Å². The van der Waals surface area contributed by atoms with E-state index in [4.69, 9.17) is 18.9 Å². The topological polar surface area (TPSA) is 49.3 Å². The lowest BCUT2D eigenvalue weighted by atomic mass is 10.2. The summed E-state index contributed by atoms with van der Waals surface area (Å²) in [5, 5.41) is 0. The van der Waals surface area contributed by atoms with Crippen molar-refractivity contribution in [3.05, 3.63) is 48.0 Å². The van der Waals surface area contributed by atoms with Crippen molar-refractivity contribution >= 4 is 18.0 Å². The Hall–Kier alpha value is -2.95. The Kier molecular flexibility index (Phi) is 4.47. The van der Waals surface area contributed by atoms with E-state index in [2.05, 4.69) is 4.99 Å². The van der Waals surface area contributed by atoms with Gasteiger partial charge < -0.3 is 18.9 Å². The van der Waals surface area contributed by atoms with Gasteiger partial charge in [0.05, 0.1) is 19.9 Å². The second kappa shape index (κ2) is 6.87. The second-order valence-corrected chi connectivity index (χ2v) is 4.79. The smallest absolute Gasteiger partial charge is 0.231 e. The molecular formula is C18H17NO4. The van der Waals surface area contributed by atoms with Crippen molar-refractivity contribution in [1.29, 1.82) is 0 Å². The van der Waals surface area contributed by atoms with Gasteiger partial charge in [0.15, 0.2) is 23.0 Å². The normalized spacial score (nSPS) is 13.0. The molecule has 5 heteroatoms. The third-order valence-corrected chi connectivity index (χ3v) is 3.36. The van der Waals surface area contributed by atoms with Gasteiger partial charge in [-0.3, -0.25) is 4.99 Å². The molecule has 0 unspecified atom stereocenters. The zero-order valence-corrected chi connectivity index (χ0v) is 13.0. The number of hydrogen-bond donors (Lipinski definition) is 0. The van der Waals surface area contributed by atoms with Crippen LogP contribution in [-0.4, -0.2) is 27.2 Å². The summed E-state index contributed by atoms with van der Waals surface area (Å²) >= 11 is 0. The predicted molar refractivity (Wildman–Crippen MR) is 89.3 cm³/mol. The van der Waals surface area contributed by atoms with E-state index in [9.17, 15) is 0 Å². The SMILES string of the molecule is COc1ccc(N=C/C=C/c2ccc3c(c2)OCO3)cc1OC. The van der Waals surface area contributed by atoms with Crippen LogP contribution in [0, 0.1) is 0 Å². The molecule has 0 atom stereocenters. The number of benzene rings is 2. The lowest BCUT2D eigenvalue weighted by Crippen LogP contribution is -1.92. The minimum Gasteiger partial charge on any atom is -0.493 e. The molecule has 1 aliphatic rings. The Morgan fingerprint density at radius 1 is 0.957 bits per heavy atom. The van der Waals surface area contributed by atoms with Gasteiger partial charge in [-0.25, -0.2) is 0 Å². The van der Waals surface area contributed by atoms with Crippen molar-refractivity contribution in [3.8, 4) is 23.0 Å². The Morgan fingerprint density at radius 2 is 1.78 bits per heavy atom. The molecule has 2 aromatic carbocycles. The first-order valence-corrected chi connectivity index (χ1v) is 7.12. The van der Waals surface area contributed by atoms with Crippen molar-refractivity contribution in [2.24, 2.45) is 4.99 Å². The molecule has 3 rings (SSSR count). The fourth-order valence-corrected chi connectivity index (χ4v) is 2.21.